The maximum absolute atomic E-state index is 2.37. The van der Waals surface area contributed by atoms with Gasteiger partial charge in [0.25, 0.3) is 0 Å². The van der Waals surface area contributed by atoms with Gasteiger partial charge in [-0.1, -0.05) is 12.8 Å². The van der Waals surface area contributed by atoms with E-state index in [0.29, 0.717) is 0 Å². The summed E-state index contributed by atoms with van der Waals surface area (Å²) in [5.74, 6) is 6.52. The Bertz CT molecular complexity index is 462. The number of halogens is 2. The molecule has 0 spiro atoms. The van der Waals surface area contributed by atoms with Crippen LogP contribution in [0.1, 0.15) is 38.5 Å². The third kappa shape index (κ3) is 8.88. The summed E-state index contributed by atoms with van der Waals surface area (Å²) in [7, 11) is -0.243. The molecule has 0 aromatic rings. The van der Waals surface area contributed by atoms with E-state index in [1.807, 2.05) is 0 Å². The minimum Gasteiger partial charge on any atom is -1.00 e. The Morgan fingerprint density at radius 3 is 1.58 bits per heavy atom. The molecule has 24 heavy (non-hydrogen) atoms. The van der Waals surface area contributed by atoms with Gasteiger partial charge >= 0.3 is 43.1 Å². The Morgan fingerprint density at radius 1 is 0.875 bits per heavy atom. The van der Waals surface area contributed by atoms with Crippen molar-refractivity contribution in [3.8, 4) is 0 Å². The van der Waals surface area contributed by atoms with Gasteiger partial charge in [0.2, 0.25) is 0 Å². The summed E-state index contributed by atoms with van der Waals surface area (Å²) in [6.07, 6.45) is 26.1. The van der Waals surface area contributed by atoms with E-state index in [1.165, 1.54) is 38.5 Å². The number of hydrogen-bond donors (Lipinski definition) is 0. The predicted molar refractivity (Wildman–Crippen MR) is 95.2 cm³/mol. The zero-order valence-electron chi connectivity index (χ0n) is 14.8. The van der Waals surface area contributed by atoms with E-state index < -0.39 is 0 Å². The summed E-state index contributed by atoms with van der Waals surface area (Å²) < 4.78 is 0. The van der Waals surface area contributed by atoms with Gasteiger partial charge < -0.3 is 24.8 Å². The molecule has 0 aromatic heterocycles. The molecule has 0 aliphatic heterocycles. The zero-order valence-corrected chi connectivity index (χ0v) is 20.8. The van der Waals surface area contributed by atoms with Crippen molar-refractivity contribution >= 4 is 9.98 Å². The van der Waals surface area contributed by atoms with Crippen LogP contribution < -0.4 is 24.8 Å². The van der Waals surface area contributed by atoms with Gasteiger partial charge in [0.15, 0.2) is 0 Å². The summed E-state index contributed by atoms with van der Waals surface area (Å²) in [5, 5.41) is 0. The van der Waals surface area contributed by atoms with Gasteiger partial charge in [0, 0.05) is 0 Å². The number of hydrogen-bond acceptors (Lipinski definition) is 0. The van der Waals surface area contributed by atoms with Crippen molar-refractivity contribution in [1.82, 2.24) is 0 Å². The Kier molecular flexibility index (Phi) is 14.3. The fourth-order valence-corrected chi connectivity index (χ4v) is 3.33. The Morgan fingerprint density at radius 2 is 1.25 bits per heavy atom. The van der Waals surface area contributed by atoms with Crippen molar-refractivity contribution in [1.29, 1.82) is 0 Å². The van der Waals surface area contributed by atoms with E-state index >= 15 is 0 Å². The molecule has 4 aliphatic carbocycles. The first-order valence-electron chi connectivity index (χ1n) is 8.58. The van der Waals surface area contributed by atoms with Gasteiger partial charge in [0.1, 0.15) is 0 Å². The quantitative estimate of drug-likeness (QED) is 0.317. The van der Waals surface area contributed by atoms with Crippen LogP contribution in [-0.2, 0) is 21.6 Å². The molecule has 132 valence electrons. The standard InChI is InChI=1S/2C9H11.C2H6Ge.2ClH.Zr/c2*1-2-5-9-7-3-6-8(9)4-1;1-3-2;;;/h2*1-2,4,6,9H,3,5,7H2;1-2H3;2*1H;/q2*-1;;;;+2/p-2. The van der Waals surface area contributed by atoms with Gasteiger partial charge in [-0.2, -0.15) is 0 Å². The topological polar surface area (TPSA) is 0 Å². The van der Waals surface area contributed by atoms with E-state index in [-0.39, 0.29) is 34.8 Å². The van der Waals surface area contributed by atoms with Crippen molar-refractivity contribution in [3.05, 3.63) is 60.4 Å². The molecule has 0 bridgehead atoms. The largest absolute Gasteiger partial charge is 1.00 e. The van der Waals surface area contributed by atoms with Gasteiger partial charge in [-0.3, -0.25) is 0 Å². The monoisotopic (exact) mass is 502 g/mol. The maximum atomic E-state index is 2.37. The van der Waals surface area contributed by atoms with Crippen LogP contribution in [0, 0.1) is 24.7 Å². The minimum atomic E-state index is -0.243. The molecular formula is C20H28Cl2GeZr-2. The summed E-state index contributed by atoms with van der Waals surface area (Å²) >= 11 is 1.80. The van der Waals surface area contributed by atoms with Crippen LogP contribution in [0.4, 0.5) is 0 Å². The Hall–Kier alpha value is 0.706. The first-order valence-corrected chi connectivity index (χ1v) is 20.2. The Balaban J connectivity index is 0.000000341. The molecule has 0 heterocycles. The van der Waals surface area contributed by atoms with Crippen molar-refractivity contribution < 1.29 is 46.4 Å². The second kappa shape index (κ2) is 13.9. The third-order valence-electron chi connectivity index (χ3n) is 4.42. The first-order chi connectivity index (χ1) is 10.7. The van der Waals surface area contributed by atoms with Crippen LogP contribution in [0.2, 0.25) is 11.5 Å². The molecule has 4 aliphatic rings. The summed E-state index contributed by atoms with van der Waals surface area (Å²) in [5.41, 5.74) is 3.16. The Labute approximate surface area is 177 Å². The molecule has 0 aromatic carbocycles. The van der Waals surface area contributed by atoms with Crippen LogP contribution in [0.5, 0.6) is 0 Å². The van der Waals surface area contributed by atoms with Crippen molar-refractivity contribution in [2.45, 2.75) is 50.0 Å². The van der Waals surface area contributed by atoms with Gasteiger partial charge in [0.05, 0.1) is 0 Å². The predicted octanol–water partition coefficient (Wildman–Crippen LogP) is -0.234. The van der Waals surface area contributed by atoms with Crippen LogP contribution in [0.15, 0.2) is 47.6 Å². The number of allylic oxidation sites excluding steroid dienone is 8. The summed E-state index contributed by atoms with van der Waals surface area (Å²) in [4.78, 5) is 0. The molecule has 2 atom stereocenters. The second-order valence-electron chi connectivity index (χ2n) is 6.62. The molecule has 4 rings (SSSR count). The smallest absolute Gasteiger partial charge is 1.00 e. The minimum absolute atomic E-state index is 0. The van der Waals surface area contributed by atoms with Crippen LogP contribution in [0.25, 0.3) is 0 Å². The summed E-state index contributed by atoms with van der Waals surface area (Å²) in [6, 6.07) is 0. The van der Waals surface area contributed by atoms with Crippen LogP contribution >= 0.6 is 0 Å². The number of fused-ring (bicyclic) bond motifs is 2. The molecule has 0 N–H and O–H groups in total. The fourth-order valence-electron chi connectivity index (χ4n) is 3.33. The first kappa shape index (κ1) is 24.7. The van der Waals surface area contributed by atoms with Crippen LogP contribution in [0.3, 0.4) is 0 Å². The number of rotatable bonds is 0. The molecular weight excluding hydrogens is 475 g/mol. The molecule has 4 heteroatoms. The molecule has 0 nitrogen and oxygen atoms in total. The molecule has 0 radical (unpaired) electrons. The molecule has 0 amide bonds. The molecule has 2 unspecified atom stereocenters. The normalized spacial score (nSPS) is 24.5. The maximum Gasteiger partial charge on any atom is -1.00 e. The average Bonchev–Trinajstić information content (AvgIpc) is 3.16. The van der Waals surface area contributed by atoms with E-state index in [0.717, 1.165) is 11.8 Å². The van der Waals surface area contributed by atoms with Crippen molar-refractivity contribution in [3.63, 3.8) is 0 Å². The van der Waals surface area contributed by atoms with Gasteiger partial charge in [-0.15, -0.1) is 37.1 Å². The molecule has 0 saturated heterocycles. The third-order valence-corrected chi connectivity index (χ3v) is 4.42. The van der Waals surface area contributed by atoms with Gasteiger partial charge in [-0.25, -0.2) is 36.1 Å². The SMILES string of the molecule is C1=CCC2CC[CH-]C2=C1.C1=CCC2CC[CH-]C2=C1.[CH3][Ge]([CH3])=[Zr+2].[Cl-].[Cl-]. The van der Waals surface area contributed by atoms with E-state index in [1.54, 1.807) is 32.7 Å². The fraction of sp³-hybridized carbons (Fsp3) is 0.500. The van der Waals surface area contributed by atoms with E-state index in [2.05, 4.69) is 60.8 Å². The molecule has 2 fully saturated rings. The molecule has 2 saturated carbocycles. The summed E-state index contributed by atoms with van der Waals surface area (Å²) in [6.45, 7) is 0. The van der Waals surface area contributed by atoms with E-state index in [4.69, 9.17) is 0 Å². The van der Waals surface area contributed by atoms with Gasteiger partial charge in [-0.05, 0) is 24.7 Å². The van der Waals surface area contributed by atoms with Crippen LogP contribution in [-0.4, -0.2) is 9.98 Å². The van der Waals surface area contributed by atoms with Crippen molar-refractivity contribution in [2.24, 2.45) is 11.8 Å². The second-order valence-corrected chi connectivity index (χ2v) is 23.6. The van der Waals surface area contributed by atoms with Crippen molar-refractivity contribution in [2.75, 3.05) is 0 Å². The van der Waals surface area contributed by atoms with E-state index in [9.17, 15) is 0 Å². The zero-order chi connectivity index (χ0) is 15.8. The average molecular weight is 503 g/mol.